The molecule has 2 aliphatic rings. The van der Waals surface area contributed by atoms with Crippen LogP contribution in [-0.4, -0.2) is 24.9 Å². The third-order valence-corrected chi connectivity index (χ3v) is 3.11. The standard InChI is InChI=1S/C11H20O2/c1-9-4-2-5-11(13-9)8-10-6-3-7-12-10/h9-11H,2-8H2,1H3/t9-,10?,11?/m0/s1. The quantitative estimate of drug-likeness (QED) is 0.656. The van der Waals surface area contributed by atoms with Gasteiger partial charge in [0.25, 0.3) is 0 Å². The minimum absolute atomic E-state index is 0.472. The molecule has 2 rings (SSSR count). The molecule has 3 atom stereocenters. The maximum Gasteiger partial charge on any atom is 0.0603 e. The highest BCUT2D eigenvalue weighted by Crippen LogP contribution is 2.25. The van der Waals surface area contributed by atoms with E-state index in [1.54, 1.807) is 0 Å². The van der Waals surface area contributed by atoms with Crippen molar-refractivity contribution in [1.29, 1.82) is 0 Å². The smallest absolute Gasteiger partial charge is 0.0603 e. The summed E-state index contributed by atoms with van der Waals surface area (Å²) in [7, 11) is 0. The Balaban J connectivity index is 1.73. The van der Waals surface area contributed by atoms with Crippen molar-refractivity contribution in [2.45, 2.75) is 63.8 Å². The minimum atomic E-state index is 0.472. The second kappa shape index (κ2) is 4.43. The monoisotopic (exact) mass is 184 g/mol. The zero-order chi connectivity index (χ0) is 9.10. The van der Waals surface area contributed by atoms with E-state index in [0.29, 0.717) is 18.3 Å². The lowest BCUT2D eigenvalue weighted by atomic mass is 9.99. The third-order valence-electron chi connectivity index (χ3n) is 3.11. The summed E-state index contributed by atoms with van der Waals surface area (Å²) in [5.74, 6) is 0. The van der Waals surface area contributed by atoms with Crippen LogP contribution in [0.3, 0.4) is 0 Å². The van der Waals surface area contributed by atoms with Crippen molar-refractivity contribution in [1.82, 2.24) is 0 Å². The number of rotatable bonds is 2. The molecular formula is C11H20O2. The Morgan fingerprint density at radius 3 is 2.62 bits per heavy atom. The van der Waals surface area contributed by atoms with Crippen LogP contribution in [0.25, 0.3) is 0 Å². The highest BCUT2D eigenvalue weighted by Gasteiger charge is 2.24. The lowest BCUT2D eigenvalue weighted by molar-refractivity contribution is -0.0628. The fourth-order valence-corrected chi connectivity index (χ4v) is 2.39. The van der Waals surface area contributed by atoms with Crippen LogP contribution in [0.2, 0.25) is 0 Å². The molecule has 2 unspecified atom stereocenters. The molecule has 0 saturated carbocycles. The molecule has 0 radical (unpaired) electrons. The van der Waals surface area contributed by atoms with Gasteiger partial charge in [-0.2, -0.15) is 0 Å². The molecule has 2 fully saturated rings. The largest absolute Gasteiger partial charge is 0.378 e. The summed E-state index contributed by atoms with van der Waals surface area (Å²) in [6.07, 6.45) is 8.87. The van der Waals surface area contributed by atoms with E-state index in [1.807, 2.05) is 0 Å². The van der Waals surface area contributed by atoms with E-state index in [0.717, 1.165) is 13.0 Å². The van der Waals surface area contributed by atoms with Gasteiger partial charge in [-0.15, -0.1) is 0 Å². The molecule has 0 aliphatic carbocycles. The van der Waals surface area contributed by atoms with Crippen LogP contribution in [0.15, 0.2) is 0 Å². The average Bonchev–Trinajstić information content (AvgIpc) is 2.57. The minimum Gasteiger partial charge on any atom is -0.378 e. The van der Waals surface area contributed by atoms with Gasteiger partial charge in [-0.05, 0) is 45.4 Å². The van der Waals surface area contributed by atoms with Gasteiger partial charge in [-0.25, -0.2) is 0 Å². The van der Waals surface area contributed by atoms with E-state index < -0.39 is 0 Å². The lowest BCUT2D eigenvalue weighted by Crippen LogP contribution is -2.28. The summed E-state index contributed by atoms with van der Waals surface area (Å²) in [4.78, 5) is 0. The zero-order valence-corrected chi connectivity index (χ0v) is 8.50. The first-order valence-electron chi connectivity index (χ1n) is 5.61. The molecular weight excluding hydrogens is 164 g/mol. The van der Waals surface area contributed by atoms with E-state index in [2.05, 4.69) is 6.92 Å². The predicted molar refractivity (Wildman–Crippen MR) is 51.8 cm³/mol. The maximum atomic E-state index is 5.87. The molecule has 2 saturated heterocycles. The van der Waals surface area contributed by atoms with Gasteiger partial charge in [-0.1, -0.05) is 0 Å². The Morgan fingerprint density at radius 1 is 1.08 bits per heavy atom. The van der Waals surface area contributed by atoms with Gasteiger partial charge in [0.05, 0.1) is 18.3 Å². The molecule has 13 heavy (non-hydrogen) atoms. The number of hydrogen-bond donors (Lipinski definition) is 0. The van der Waals surface area contributed by atoms with Gasteiger partial charge in [-0.3, -0.25) is 0 Å². The molecule has 2 heterocycles. The first kappa shape index (κ1) is 9.47. The molecule has 0 bridgehead atoms. The molecule has 2 nitrogen and oxygen atoms in total. The van der Waals surface area contributed by atoms with Crippen molar-refractivity contribution in [2.75, 3.05) is 6.61 Å². The predicted octanol–water partition coefficient (Wildman–Crippen LogP) is 2.51. The van der Waals surface area contributed by atoms with E-state index in [-0.39, 0.29) is 0 Å². The van der Waals surface area contributed by atoms with Crippen molar-refractivity contribution in [3.8, 4) is 0 Å². The summed E-state index contributed by atoms with van der Waals surface area (Å²) < 4.78 is 11.5. The number of ether oxygens (including phenoxy) is 2. The molecule has 2 heteroatoms. The molecule has 0 aromatic heterocycles. The second-order valence-corrected chi connectivity index (χ2v) is 4.37. The Morgan fingerprint density at radius 2 is 1.92 bits per heavy atom. The second-order valence-electron chi connectivity index (χ2n) is 4.37. The molecule has 0 aromatic rings. The number of hydrogen-bond acceptors (Lipinski definition) is 2. The Kier molecular flexibility index (Phi) is 3.23. The molecule has 0 aromatic carbocycles. The van der Waals surface area contributed by atoms with Crippen LogP contribution >= 0.6 is 0 Å². The molecule has 76 valence electrons. The van der Waals surface area contributed by atoms with Crippen molar-refractivity contribution in [3.63, 3.8) is 0 Å². The summed E-state index contributed by atoms with van der Waals surface area (Å²) in [6, 6.07) is 0. The highest BCUT2D eigenvalue weighted by atomic mass is 16.5. The Labute approximate surface area is 80.6 Å². The van der Waals surface area contributed by atoms with Crippen molar-refractivity contribution in [3.05, 3.63) is 0 Å². The molecule has 2 aliphatic heterocycles. The Hall–Kier alpha value is -0.0800. The SMILES string of the molecule is C[C@H]1CCCC(CC2CCCO2)O1. The van der Waals surface area contributed by atoms with Gasteiger partial charge < -0.3 is 9.47 Å². The zero-order valence-electron chi connectivity index (χ0n) is 8.50. The van der Waals surface area contributed by atoms with E-state index in [9.17, 15) is 0 Å². The first-order valence-corrected chi connectivity index (χ1v) is 5.61. The van der Waals surface area contributed by atoms with Gasteiger partial charge in [0.1, 0.15) is 0 Å². The fraction of sp³-hybridized carbons (Fsp3) is 1.00. The lowest BCUT2D eigenvalue weighted by Gasteiger charge is -2.29. The fourth-order valence-electron chi connectivity index (χ4n) is 2.39. The third kappa shape index (κ3) is 2.68. The first-order chi connectivity index (χ1) is 6.34. The van der Waals surface area contributed by atoms with Gasteiger partial charge in [0.15, 0.2) is 0 Å². The summed E-state index contributed by atoms with van der Waals surface area (Å²) in [5, 5.41) is 0. The molecule has 0 amide bonds. The van der Waals surface area contributed by atoms with Crippen LogP contribution in [0.1, 0.15) is 45.4 Å². The molecule has 0 N–H and O–H groups in total. The van der Waals surface area contributed by atoms with Crippen molar-refractivity contribution < 1.29 is 9.47 Å². The van der Waals surface area contributed by atoms with E-state index in [1.165, 1.54) is 32.1 Å². The van der Waals surface area contributed by atoms with Crippen molar-refractivity contribution in [2.24, 2.45) is 0 Å². The normalized spacial score (nSPS) is 40.8. The van der Waals surface area contributed by atoms with Gasteiger partial charge in [0, 0.05) is 6.61 Å². The van der Waals surface area contributed by atoms with Crippen molar-refractivity contribution >= 4 is 0 Å². The topological polar surface area (TPSA) is 18.5 Å². The summed E-state index contributed by atoms with van der Waals surface area (Å²) in [5.41, 5.74) is 0. The highest BCUT2D eigenvalue weighted by molar-refractivity contribution is 4.74. The van der Waals surface area contributed by atoms with Gasteiger partial charge >= 0.3 is 0 Å². The summed E-state index contributed by atoms with van der Waals surface area (Å²) in [6.45, 7) is 3.15. The van der Waals surface area contributed by atoms with Crippen LogP contribution in [-0.2, 0) is 9.47 Å². The van der Waals surface area contributed by atoms with Crippen LogP contribution in [0.4, 0.5) is 0 Å². The van der Waals surface area contributed by atoms with Gasteiger partial charge in [0.2, 0.25) is 0 Å². The van der Waals surface area contributed by atoms with Crippen LogP contribution < -0.4 is 0 Å². The van der Waals surface area contributed by atoms with E-state index >= 15 is 0 Å². The van der Waals surface area contributed by atoms with Crippen LogP contribution in [0.5, 0.6) is 0 Å². The Bertz CT molecular complexity index is 152. The van der Waals surface area contributed by atoms with Crippen LogP contribution in [0, 0.1) is 0 Å². The van der Waals surface area contributed by atoms with E-state index in [4.69, 9.17) is 9.47 Å². The summed E-state index contributed by atoms with van der Waals surface area (Å²) >= 11 is 0. The maximum absolute atomic E-state index is 5.87. The average molecular weight is 184 g/mol. The molecule has 0 spiro atoms.